The SMILES string of the molecule is CCN(CC)C(=O)Cn1cccc1CNC(C)(C)C. The van der Waals surface area contributed by atoms with Crippen molar-refractivity contribution in [1.29, 1.82) is 0 Å². The Labute approximate surface area is 116 Å². The topological polar surface area (TPSA) is 37.3 Å². The number of carbonyl (C=O) groups is 1. The molecule has 1 heterocycles. The van der Waals surface area contributed by atoms with Crippen molar-refractivity contribution in [3.8, 4) is 0 Å². The van der Waals surface area contributed by atoms with E-state index in [-0.39, 0.29) is 11.4 Å². The lowest BCUT2D eigenvalue weighted by Gasteiger charge is -2.22. The van der Waals surface area contributed by atoms with Gasteiger partial charge in [-0.25, -0.2) is 0 Å². The standard InChI is InChI=1S/C15H27N3O/c1-6-17(7-2)14(19)12-18-10-8-9-13(18)11-16-15(3,4)5/h8-10,16H,6-7,11-12H2,1-5H3. The molecule has 4 heteroatoms. The predicted molar refractivity (Wildman–Crippen MR) is 79.0 cm³/mol. The molecular weight excluding hydrogens is 238 g/mol. The number of rotatable bonds is 6. The first-order valence-corrected chi connectivity index (χ1v) is 7.04. The molecule has 0 radical (unpaired) electrons. The number of amides is 1. The molecule has 0 bridgehead atoms. The highest BCUT2D eigenvalue weighted by atomic mass is 16.2. The van der Waals surface area contributed by atoms with Crippen molar-refractivity contribution in [3.05, 3.63) is 24.0 Å². The number of hydrogen-bond acceptors (Lipinski definition) is 2. The lowest BCUT2D eigenvalue weighted by Crippen LogP contribution is -2.37. The number of nitrogens with one attached hydrogen (secondary N) is 1. The Balaban J connectivity index is 2.65. The zero-order valence-electron chi connectivity index (χ0n) is 12.9. The summed E-state index contributed by atoms with van der Waals surface area (Å²) in [6, 6.07) is 4.06. The van der Waals surface area contributed by atoms with Crippen molar-refractivity contribution in [2.75, 3.05) is 13.1 Å². The van der Waals surface area contributed by atoms with E-state index in [1.165, 1.54) is 0 Å². The van der Waals surface area contributed by atoms with Gasteiger partial charge in [-0.15, -0.1) is 0 Å². The fourth-order valence-corrected chi connectivity index (χ4v) is 1.94. The second kappa shape index (κ2) is 6.75. The first-order chi connectivity index (χ1) is 8.87. The summed E-state index contributed by atoms with van der Waals surface area (Å²) in [6.07, 6.45) is 1.97. The molecule has 1 N–H and O–H groups in total. The van der Waals surface area contributed by atoms with Crippen LogP contribution in [-0.4, -0.2) is 34.0 Å². The van der Waals surface area contributed by atoms with Gasteiger partial charge in [-0.05, 0) is 46.8 Å². The van der Waals surface area contributed by atoms with Gasteiger partial charge in [0.1, 0.15) is 6.54 Å². The van der Waals surface area contributed by atoms with Crippen molar-refractivity contribution >= 4 is 5.91 Å². The minimum Gasteiger partial charge on any atom is -0.342 e. The van der Waals surface area contributed by atoms with E-state index in [0.29, 0.717) is 6.54 Å². The Bertz CT molecular complexity index is 400. The fraction of sp³-hybridized carbons (Fsp3) is 0.667. The number of likely N-dealkylation sites (N-methyl/N-ethyl adjacent to an activating group) is 1. The van der Waals surface area contributed by atoms with E-state index in [1.54, 1.807) is 0 Å². The van der Waals surface area contributed by atoms with Crippen LogP contribution >= 0.6 is 0 Å². The average molecular weight is 265 g/mol. The summed E-state index contributed by atoms with van der Waals surface area (Å²) < 4.78 is 2.03. The zero-order valence-corrected chi connectivity index (χ0v) is 12.9. The smallest absolute Gasteiger partial charge is 0.242 e. The van der Waals surface area contributed by atoms with Crippen molar-refractivity contribution in [1.82, 2.24) is 14.8 Å². The quantitative estimate of drug-likeness (QED) is 0.856. The molecule has 1 aromatic heterocycles. The zero-order chi connectivity index (χ0) is 14.5. The van der Waals surface area contributed by atoms with Crippen molar-refractivity contribution in [2.24, 2.45) is 0 Å². The van der Waals surface area contributed by atoms with E-state index in [4.69, 9.17) is 0 Å². The predicted octanol–water partition coefficient (Wildman–Crippen LogP) is 2.24. The maximum atomic E-state index is 12.1. The molecule has 1 amide bonds. The minimum absolute atomic E-state index is 0.0813. The molecule has 0 aliphatic heterocycles. The molecule has 0 atom stereocenters. The highest BCUT2D eigenvalue weighted by molar-refractivity contribution is 5.76. The molecule has 1 rings (SSSR count). The van der Waals surface area contributed by atoms with E-state index in [2.05, 4.69) is 32.2 Å². The monoisotopic (exact) mass is 265 g/mol. The molecule has 0 aromatic carbocycles. The van der Waals surface area contributed by atoms with Crippen LogP contribution in [0, 0.1) is 0 Å². The van der Waals surface area contributed by atoms with E-state index >= 15 is 0 Å². The third kappa shape index (κ3) is 5.07. The Morgan fingerprint density at radius 2 is 1.95 bits per heavy atom. The first-order valence-electron chi connectivity index (χ1n) is 7.04. The Morgan fingerprint density at radius 3 is 2.47 bits per heavy atom. The lowest BCUT2D eigenvalue weighted by molar-refractivity contribution is -0.131. The Kier molecular flexibility index (Phi) is 5.60. The maximum absolute atomic E-state index is 12.1. The average Bonchev–Trinajstić information content (AvgIpc) is 2.74. The number of aromatic nitrogens is 1. The van der Waals surface area contributed by atoms with Crippen LogP contribution < -0.4 is 5.32 Å². The summed E-state index contributed by atoms with van der Waals surface area (Å²) in [5.41, 5.74) is 1.23. The van der Waals surface area contributed by atoms with Crippen LogP contribution in [0.2, 0.25) is 0 Å². The highest BCUT2D eigenvalue weighted by Gasteiger charge is 2.13. The third-order valence-electron chi connectivity index (χ3n) is 3.15. The van der Waals surface area contributed by atoms with Crippen LogP contribution in [0.4, 0.5) is 0 Å². The Hall–Kier alpha value is -1.29. The van der Waals surface area contributed by atoms with Gasteiger partial charge in [0.15, 0.2) is 0 Å². The number of nitrogens with zero attached hydrogens (tertiary/aromatic N) is 2. The summed E-state index contributed by atoms with van der Waals surface area (Å²) in [7, 11) is 0. The lowest BCUT2D eigenvalue weighted by atomic mass is 10.1. The maximum Gasteiger partial charge on any atom is 0.242 e. The van der Waals surface area contributed by atoms with Crippen molar-refractivity contribution in [2.45, 2.75) is 53.2 Å². The summed E-state index contributed by atoms with van der Waals surface area (Å²) in [5.74, 6) is 0.179. The van der Waals surface area contributed by atoms with Gasteiger partial charge in [0, 0.05) is 37.1 Å². The van der Waals surface area contributed by atoms with E-state index in [9.17, 15) is 4.79 Å². The summed E-state index contributed by atoms with van der Waals surface area (Å²) >= 11 is 0. The van der Waals surface area contributed by atoms with Crippen LogP contribution in [0.5, 0.6) is 0 Å². The van der Waals surface area contributed by atoms with E-state index in [1.807, 2.05) is 35.6 Å². The molecule has 4 nitrogen and oxygen atoms in total. The van der Waals surface area contributed by atoms with Gasteiger partial charge < -0.3 is 14.8 Å². The van der Waals surface area contributed by atoms with Gasteiger partial charge in [0.2, 0.25) is 5.91 Å². The largest absolute Gasteiger partial charge is 0.342 e. The molecule has 0 unspecified atom stereocenters. The van der Waals surface area contributed by atoms with Gasteiger partial charge >= 0.3 is 0 Å². The molecule has 0 saturated heterocycles. The molecule has 0 fully saturated rings. The van der Waals surface area contributed by atoms with Gasteiger partial charge in [0.05, 0.1) is 0 Å². The van der Waals surface area contributed by atoms with Crippen LogP contribution in [0.1, 0.15) is 40.3 Å². The summed E-state index contributed by atoms with van der Waals surface area (Å²) in [5, 5.41) is 3.45. The molecule has 19 heavy (non-hydrogen) atoms. The van der Waals surface area contributed by atoms with Crippen molar-refractivity contribution < 1.29 is 4.79 Å². The highest BCUT2D eigenvalue weighted by Crippen LogP contribution is 2.07. The molecule has 1 aromatic rings. The number of hydrogen-bond donors (Lipinski definition) is 1. The van der Waals surface area contributed by atoms with Crippen molar-refractivity contribution in [3.63, 3.8) is 0 Å². The van der Waals surface area contributed by atoms with Gasteiger partial charge in [-0.1, -0.05) is 0 Å². The number of carbonyl (C=O) groups excluding carboxylic acids is 1. The second-order valence-electron chi connectivity index (χ2n) is 5.80. The fourth-order valence-electron chi connectivity index (χ4n) is 1.94. The minimum atomic E-state index is 0.0813. The van der Waals surface area contributed by atoms with Gasteiger partial charge in [0.25, 0.3) is 0 Å². The van der Waals surface area contributed by atoms with Crippen LogP contribution in [-0.2, 0) is 17.9 Å². The van der Waals surface area contributed by atoms with E-state index < -0.39 is 0 Å². The normalized spacial score (nSPS) is 11.6. The van der Waals surface area contributed by atoms with Crippen LogP contribution in [0.15, 0.2) is 18.3 Å². The van der Waals surface area contributed by atoms with Gasteiger partial charge in [-0.2, -0.15) is 0 Å². The first kappa shape index (κ1) is 15.8. The van der Waals surface area contributed by atoms with E-state index in [0.717, 1.165) is 25.3 Å². The molecule has 0 aliphatic rings. The summed E-state index contributed by atoms with van der Waals surface area (Å²) in [6.45, 7) is 13.2. The third-order valence-corrected chi connectivity index (χ3v) is 3.15. The molecule has 0 aliphatic carbocycles. The molecule has 108 valence electrons. The summed E-state index contributed by atoms with van der Waals surface area (Å²) in [4.78, 5) is 14.0. The molecular formula is C15H27N3O. The van der Waals surface area contributed by atoms with Gasteiger partial charge in [-0.3, -0.25) is 4.79 Å². The van der Waals surface area contributed by atoms with Crippen LogP contribution in [0.3, 0.4) is 0 Å². The Morgan fingerprint density at radius 1 is 1.32 bits per heavy atom. The molecule has 0 spiro atoms. The molecule has 0 saturated carbocycles. The van der Waals surface area contributed by atoms with Crippen LogP contribution in [0.25, 0.3) is 0 Å². The second-order valence-corrected chi connectivity index (χ2v) is 5.80.